The van der Waals surface area contributed by atoms with Gasteiger partial charge in [0, 0.05) is 23.9 Å². The summed E-state index contributed by atoms with van der Waals surface area (Å²) in [4.78, 5) is 15.0. The number of hydrogen-bond acceptors (Lipinski definition) is 2. The molecule has 0 fully saturated rings. The van der Waals surface area contributed by atoms with Gasteiger partial charge in [0.25, 0.3) is 5.91 Å². The Kier molecular flexibility index (Phi) is 5.71. The molecule has 0 saturated heterocycles. The molecule has 0 N–H and O–H groups in total. The molecule has 0 spiro atoms. The summed E-state index contributed by atoms with van der Waals surface area (Å²) in [6.07, 6.45) is 1.98. The van der Waals surface area contributed by atoms with Crippen molar-refractivity contribution in [1.29, 1.82) is 0 Å². The highest BCUT2D eigenvalue weighted by Gasteiger charge is 2.16. The van der Waals surface area contributed by atoms with Gasteiger partial charge in [-0.3, -0.25) is 4.79 Å². The summed E-state index contributed by atoms with van der Waals surface area (Å²) in [6, 6.07) is 7.67. The van der Waals surface area contributed by atoms with E-state index in [1.807, 2.05) is 37.4 Å². The Bertz CT molecular complexity index is 357. The van der Waals surface area contributed by atoms with E-state index in [-0.39, 0.29) is 5.91 Å². The molecule has 0 aromatic heterocycles. The zero-order valence-electron chi connectivity index (χ0n) is 9.57. The van der Waals surface area contributed by atoms with Crippen molar-refractivity contribution in [3.8, 4) is 0 Å². The molecule has 1 amide bonds. The number of benzene rings is 1. The molecule has 4 heteroatoms. The summed E-state index contributed by atoms with van der Waals surface area (Å²) in [6.45, 7) is 3.25. The van der Waals surface area contributed by atoms with Crippen molar-refractivity contribution >= 4 is 29.3 Å². The summed E-state index contributed by atoms with van der Waals surface area (Å²) < 4.78 is 0. The zero-order valence-corrected chi connectivity index (χ0v) is 11.1. The Balaban J connectivity index is 2.93. The number of halogens is 1. The first kappa shape index (κ1) is 13.4. The van der Waals surface area contributed by atoms with Crippen molar-refractivity contribution in [2.24, 2.45) is 0 Å². The number of amides is 1. The van der Waals surface area contributed by atoms with Gasteiger partial charge in [0.2, 0.25) is 0 Å². The Hall–Kier alpha value is -0.670. The zero-order chi connectivity index (χ0) is 12.0. The maximum absolute atomic E-state index is 12.2. The first-order valence-corrected chi connectivity index (χ1v) is 6.98. The smallest absolute Gasteiger partial charge is 0.255 e. The molecule has 0 atom stereocenters. The molecular formula is C12H16ClNOS. The maximum Gasteiger partial charge on any atom is 0.255 e. The lowest BCUT2D eigenvalue weighted by Crippen LogP contribution is -2.32. The van der Waals surface area contributed by atoms with Crippen LogP contribution >= 0.6 is 23.4 Å². The number of nitrogens with zero attached hydrogens (tertiary/aromatic N) is 1. The molecular weight excluding hydrogens is 242 g/mol. The van der Waals surface area contributed by atoms with Crippen LogP contribution in [0.1, 0.15) is 17.3 Å². The van der Waals surface area contributed by atoms with E-state index in [0.29, 0.717) is 19.0 Å². The largest absolute Gasteiger partial charge is 0.338 e. The van der Waals surface area contributed by atoms with Gasteiger partial charge in [-0.25, -0.2) is 0 Å². The van der Waals surface area contributed by atoms with E-state index in [9.17, 15) is 4.79 Å². The van der Waals surface area contributed by atoms with Crippen LogP contribution in [0.2, 0.25) is 0 Å². The Morgan fingerprint density at radius 3 is 2.69 bits per heavy atom. The molecule has 88 valence electrons. The Morgan fingerprint density at radius 1 is 1.44 bits per heavy atom. The summed E-state index contributed by atoms with van der Waals surface area (Å²) in [5.41, 5.74) is 0.766. The number of thioether (sulfide) groups is 1. The van der Waals surface area contributed by atoms with Gasteiger partial charge in [-0.1, -0.05) is 12.1 Å². The third-order valence-corrected chi connectivity index (χ3v) is 3.33. The van der Waals surface area contributed by atoms with Crippen LogP contribution in [-0.4, -0.2) is 36.0 Å². The fourth-order valence-corrected chi connectivity index (χ4v) is 2.29. The fraction of sp³-hybridized carbons (Fsp3) is 0.417. The normalized spacial score (nSPS) is 10.2. The number of hydrogen-bond donors (Lipinski definition) is 0. The van der Waals surface area contributed by atoms with Gasteiger partial charge in [0.15, 0.2) is 0 Å². The van der Waals surface area contributed by atoms with Crippen LogP contribution in [0.3, 0.4) is 0 Å². The van der Waals surface area contributed by atoms with Gasteiger partial charge < -0.3 is 4.90 Å². The van der Waals surface area contributed by atoms with Crippen molar-refractivity contribution in [2.75, 3.05) is 25.2 Å². The molecule has 0 saturated carbocycles. The van der Waals surface area contributed by atoms with Crippen LogP contribution in [0.4, 0.5) is 0 Å². The van der Waals surface area contributed by atoms with E-state index in [1.165, 1.54) is 0 Å². The molecule has 0 radical (unpaired) electrons. The average Bonchev–Trinajstić information content (AvgIpc) is 2.35. The lowest BCUT2D eigenvalue weighted by atomic mass is 10.2. The molecule has 0 aliphatic heterocycles. The minimum Gasteiger partial charge on any atom is -0.338 e. The summed E-state index contributed by atoms with van der Waals surface area (Å²) in [5, 5.41) is 0. The molecule has 0 unspecified atom stereocenters. The van der Waals surface area contributed by atoms with E-state index in [0.717, 1.165) is 10.5 Å². The highest BCUT2D eigenvalue weighted by Crippen LogP contribution is 2.21. The Labute approximate surface area is 106 Å². The average molecular weight is 258 g/mol. The third kappa shape index (κ3) is 3.16. The Morgan fingerprint density at radius 2 is 2.12 bits per heavy atom. The second-order valence-electron chi connectivity index (χ2n) is 3.27. The van der Waals surface area contributed by atoms with Crippen molar-refractivity contribution in [1.82, 2.24) is 4.90 Å². The van der Waals surface area contributed by atoms with Gasteiger partial charge in [-0.2, -0.15) is 0 Å². The van der Waals surface area contributed by atoms with E-state index in [1.54, 1.807) is 16.7 Å². The van der Waals surface area contributed by atoms with Gasteiger partial charge in [0.05, 0.1) is 5.56 Å². The van der Waals surface area contributed by atoms with Crippen LogP contribution in [0, 0.1) is 0 Å². The quantitative estimate of drug-likeness (QED) is 0.597. The van der Waals surface area contributed by atoms with E-state index in [4.69, 9.17) is 11.6 Å². The minimum atomic E-state index is 0.0631. The molecule has 1 rings (SSSR count). The third-order valence-electron chi connectivity index (χ3n) is 2.36. The highest BCUT2D eigenvalue weighted by molar-refractivity contribution is 7.98. The summed E-state index contributed by atoms with van der Waals surface area (Å²) >= 11 is 7.27. The molecule has 2 nitrogen and oxygen atoms in total. The predicted octanol–water partition coefficient (Wildman–Crippen LogP) is 3.11. The topological polar surface area (TPSA) is 20.3 Å². The van der Waals surface area contributed by atoms with E-state index >= 15 is 0 Å². The van der Waals surface area contributed by atoms with Gasteiger partial charge in [0.1, 0.15) is 0 Å². The SMILES string of the molecule is CCN(CCCl)C(=O)c1ccccc1SC. The van der Waals surface area contributed by atoms with Gasteiger partial charge in [-0.05, 0) is 25.3 Å². The molecule has 1 aromatic carbocycles. The predicted molar refractivity (Wildman–Crippen MR) is 70.5 cm³/mol. The van der Waals surface area contributed by atoms with Crippen LogP contribution in [0.15, 0.2) is 29.2 Å². The summed E-state index contributed by atoms with van der Waals surface area (Å²) in [5.74, 6) is 0.536. The second kappa shape index (κ2) is 6.81. The van der Waals surface area contributed by atoms with E-state index < -0.39 is 0 Å². The molecule has 1 aromatic rings. The molecule has 0 aliphatic rings. The molecule has 0 bridgehead atoms. The van der Waals surface area contributed by atoms with Gasteiger partial charge in [-0.15, -0.1) is 23.4 Å². The lowest BCUT2D eigenvalue weighted by Gasteiger charge is -2.20. The van der Waals surface area contributed by atoms with Crippen LogP contribution in [0.5, 0.6) is 0 Å². The van der Waals surface area contributed by atoms with Crippen molar-refractivity contribution in [3.63, 3.8) is 0 Å². The van der Waals surface area contributed by atoms with Crippen LogP contribution < -0.4 is 0 Å². The first-order chi connectivity index (χ1) is 7.74. The van der Waals surface area contributed by atoms with Crippen molar-refractivity contribution in [3.05, 3.63) is 29.8 Å². The fourth-order valence-electron chi connectivity index (χ4n) is 1.50. The molecule has 0 aliphatic carbocycles. The second-order valence-corrected chi connectivity index (χ2v) is 4.50. The number of carbonyl (C=O) groups excluding carboxylic acids is 1. The van der Waals surface area contributed by atoms with Crippen LogP contribution in [-0.2, 0) is 0 Å². The number of rotatable bonds is 5. The monoisotopic (exact) mass is 257 g/mol. The van der Waals surface area contributed by atoms with Gasteiger partial charge >= 0.3 is 0 Å². The molecule has 16 heavy (non-hydrogen) atoms. The molecule has 0 heterocycles. The summed E-state index contributed by atoms with van der Waals surface area (Å²) in [7, 11) is 0. The maximum atomic E-state index is 12.2. The number of alkyl halides is 1. The van der Waals surface area contributed by atoms with E-state index in [2.05, 4.69) is 0 Å². The van der Waals surface area contributed by atoms with Crippen molar-refractivity contribution in [2.45, 2.75) is 11.8 Å². The highest BCUT2D eigenvalue weighted by atomic mass is 35.5. The lowest BCUT2D eigenvalue weighted by molar-refractivity contribution is 0.0770. The van der Waals surface area contributed by atoms with Crippen LogP contribution in [0.25, 0.3) is 0 Å². The standard InChI is InChI=1S/C12H16ClNOS/c1-3-14(9-8-13)12(15)10-6-4-5-7-11(10)16-2/h4-7H,3,8-9H2,1-2H3. The number of carbonyl (C=O) groups is 1. The van der Waals surface area contributed by atoms with Crippen molar-refractivity contribution < 1.29 is 4.79 Å². The minimum absolute atomic E-state index is 0.0631. The first-order valence-electron chi connectivity index (χ1n) is 5.22.